The highest BCUT2D eigenvalue weighted by Gasteiger charge is 2.31. The number of nitrogens with zero attached hydrogens (tertiary/aromatic N) is 1. The number of carbonyl (C=O) groups is 1. The maximum absolute atomic E-state index is 13.9. The highest BCUT2D eigenvalue weighted by molar-refractivity contribution is 7.18. The van der Waals surface area contributed by atoms with Crippen molar-refractivity contribution in [1.29, 1.82) is 0 Å². The Morgan fingerprint density at radius 1 is 1.16 bits per heavy atom. The SMILES string of the molecule is Nc1ncc(C#C[C@@H]2CCCN2)c2scc(-c3ccc(NC(=O)Nc4cc(C(F)(F)F)ccc4F)cc3)c12. The molecule has 38 heavy (non-hydrogen) atoms. The molecule has 2 aromatic heterocycles. The molecule has 1 aliphatic heterocycles. The molecule has 2 amide bonds. The molecule has 11 heteroatoms. The van der Waals surface area contributed by atoms with Gasteiger partial charge >= 0.3 is 12.2 Å². The monoisotopic (exact) mass is 539 g/mol. The molecule has 1 fully saturated rings. The van der Waals surface area contributed by atoms with Gasteiger partial charge in [-0.1, -0.05) is 24.0 Å². The summed E-state index contributed by atoms with van der Waals surface area (Å²) in [5.74, 6) is 5.88. The number of benzene rings is 2. The number of hydrogen-bond acceptors (Lipinski definition) is 5. The van der Waals surface area contributed by atoms with Crippen LogP contribution in [0.2, 0.25) is 0 Å². The molecule has 0 bridgehead atoms. The number of nitrogen functional groups attached to an aromatic ring is 1. The van der Waals surface area contributed by atoms with Crippen LogP contribution >= 0.6 is 11.3 Å². The first-order chi connectivity index (χ1) is 18.2. The minimum Gasteiger partial charge on any atom is -0.383 e. The maximum Gasteiger partial charge on any atom is 0.416 e. The van der Waals surface area contributed by atoms with Crippen LogP contribution in [0.4, 0.5) is 39.5 Å². The zero-order chi connectivity index (χ0) is 26.9. The van der Waals surface area contributed by atoms with Gasteiger partial charge in [-0.3, -0.25) is 0 Å². The van der Waals surface area contributed by atoms with E-state index in [0.717, 1.165) is 46.2 Å². The average Bonchev–Trinajstić information content (AvgIpc) is 3.56. The van der Waals surface area contributed by atoms with Crippen molar-refractivity contribution in [1.82, 2.24) is 10.3 Å². The minimum absolute atomic E-state index is 0.171. The summed E-state index contributed by atoms with van der Waals surface area (Å²) in [5, 5.41) is 10.7. The van der Waals surface area contributed by atoms with Crippen LogP contribution in [0.15, 0.2) is 54.0 Å². The van der Waals surface area contributed by atoms with Crippen molar-refractivity contribution in [2.75, 3.05) is 22.9 Å². The molecule has 0 spiro atoms. The Kier molecular flexibility index (Phi) is 6.93. The summed E-state index contributed by atoms with van der Waals surface area (Å²) in [6, 6.07) is 7.87. The minimum atomic E-state index is -4.66. The molecule has 1 aliphatic rings. The molecule has 0 radical (unpaired) electrons. The number of nitrogens with two attached hydrogens (primary N) is 1. The first kappa shape index (κ1) is 25.5. The van der Waals surface area contributed by atoms with Gasteiger partial charge < -0.3 is 21.7 Å². The number of nitrogens with one attached hydrogen (secondary N) is 3. The van der Waals surface area contributed by atoms with Crippen molar-refractivity contribution in [3.05, 3.63) is 71.0 Å². The third kappa shape index (κ3) is 5.41. The zero-order valence-electron chi connectivity index (χ0n) is 19.7. The van der Waals surface area contributed by atoms with E-state index in [-0.39, 0.29) is 6.04 Å². The summed E-state index contributed by atoms with van der Waals surface area (Å²) in [5.41, 5.74) is 7.41. The summed E-state index contributed by atoms with van der Waals surface area (Å²) in [4.78, 5) is 16.6. The largest absolute Gasteiger partial charge is 0.416 e. The molecule has 1 atom stereocenters. The van der Waals surface area contributed by atoms with Crippen molar-refractivity contribution in [2.45, 2.75) is 25.1 Å². The molecule has 194 valence electrons. The number of anilines is 3. The number of thiophene rings is 1. The molecule has 3 heterocycles. The summed E-state index contributed by atoms with van der Waals surface area (Å²) >= 11 is 1.51. The van der Waals surface area contributed by atoms with Crippen molar-refractivity contribution in [3.8, 4) is 23.0 Å². The fraction of sp³-hybridized carbons (Fsp3) is 0.185. The van der Waals surface area contributed by atoms with Crippen molar-refractivity contribution in [3.63, 3.8) is 0 Å². The smallest absolute Gasteiger partial charge is 0.383 e. The van der Waals surface area contributed by atoms with Crippen LogP contribution in [-0.4, -0.2) is 23.6 Å². The van der Waals surface area contributed by atoms with Gasteiger partial charge in [0.1, 0.15) is 11.6 Å². The van der Waals surface area contributed by atoms with Gasteiger partial charge in [0.2, 0.25) is 0 Å². The third-order valence-electron chi connectivity index (χ3n) is 6.06. The lowest BCUT2D eigenvalue weighted by molar-refractivity contribution is -0.137. The molecule has 5 N–H and O–H groups in total. The van der Waals surface area contributed by atoms with Gasteiger partial charge in [-0.15, -0.1) is 11.3 Å². The normalized spacial score (nSPS) is 15.2. The standard InChI is InChI=1S/C27H21F4N5OS/c28-21-10-6-17(27(29,30)31)12-22(21)36-26(37)35-19-8-3-15(4-9-19)20-14-38-24-16(13-34-25(32)23(20)24)5-7-18-2-1-11-33-18/h3-4,6,8-10,12-14,18,33H,1-2,11H2,(H2,32,34)(H2,35,36,37)/t18-/m0/s1. The highest BCUT2D eigenvalue weighted by Crippen LogP contribution is 2.38. The highest BCUT2D eigenvalue weighted by atomic mass is 32.1. The van der Waals surface area contributed by atoms with E-state index in [1.165, 1.54) is 11.3 Å². The zero-order valence-corrected chi connectivity index (χ0v) is 20.6. The molecular weight excluding hydrogens is 518 g/mol. The Morgan fingerprint density at radius 2 is 1.95 bits per heavy atom. The maximum atomic E-state index is 13.9. The van der Waals surface area contributed by atoms with Crippen LogP contribution in [0.5, 0.6) is 0 Å². The number of rotatable bonds is 3. The van der Waals surface area contributed by atoms with Gasteiger partial charge in [0.25, 0.3) is 0 Å². The summed E-state index contributed by atoms with van der Waals surface area (Å²) < 4.78 is 53.6. The van der Waals surface area contributed by atoms with E-state index in [1.54, 1.807) is 30.5 Å². The number of hydrogen-bond donors (Lipinski definition) is 4. The third-order valence-corrected chi connectivity index (χ3v) is 7.07. The second-order valence-electron chi connectivity index (χ2n) is 8.68. The Hall–Kier alpha value is -4.14. The van der Waals surface area contributed by atoms with Crippen LogP contribution in [0.1, 0.15) is 24.0 Å². The van der Waals surface area contributed by atoms with Gasteiger partial charge in [0.15, 0.2) is 0 Å². The molecule has 5 rings (SSSR count). The van der Waals surface area contributed by atoms with E-state index in [9.17, 15) is 22.4 Å². The van der Waals surface area contributed by atoms with Gasteiger partial charge in [0, 0.05) is 22.8 Å². The van der Waals surface area contributed by atoms with E-state index < -0.39 is 29.3 Å². The van der Waals surface area contributed by atoms with Crippen LogP contribution in [0, 0.1) is 17.7 Å². The van der Waals surface area contributed by atoms with Gasteiger partial charge in [-0.25, -0.2) is 14.2 Å². The van der Waals surface area contributed by atoms with E-state index in [1.807, 2.05) is 5.38 Å². The predicted molar refractivity (Wildman–Crippen MR) is 141 cm³/mol. The Morgan fingerprint density at radius 3 is 2.66 bits per heavy atom. The average molecular weight is 540 g/mol. The number of pyridine rings is 1. The number of fused-ring (bicyclic) bond motifs is 1. The lowest BCUT2D eigenvalue weighted by Crippen LogP contribution is -2.20. The first-order valence-electron chi connectivity index (χ1n) is 11.6. The Balaban J connectivity index is 1.33. The number of halogens is 4. The number of carbonyl (C=O) groups excluding carboxylic acids is 1. The van der Waals surface area contributed by atoms with E-state index >= 15 is 0 Å². The lowest BCUT2D eigenvalue weighted by Gasteiger charge is -2.12. The van der Waals surface area contributed by atoms with Crippen LogP contribution in [0.3, 0.4) is 0 Å². The lowest BCUT2D eigenvalue weighted by atomic mass is 10.0. The van der Waals surface area contributed by atoms with E-state index in [4.69, 9.17) is 5.73 Å². The first-order valence-corrected chi connectivity index (χ1v) is 12.5. The Labute approximate surface area is 219 Å². The van der Waals surface area contributed by atoms with Gasteiger partial charge in [-0.05, 0) is 60.7 Å². The molecule has 1 saturated heterocycles. The summed E-state index contributed by atoms with van der Waals surface area (Å²) in [6.45, 7) is 0.965. The number of amides is 2. The molecule has 2 aromatic carbocycles. The molecule has 0 aliphatic carbocycles. The van der Waals surface area contributed by atoms with Gasteiger partial charge in [-0.2, -0.15) is 13.2 Å². The second kappa shape index (κ2) is 10.3. The topological polar surface area (TPSA) is 92.1 Å². The van der Waals surface area contributed by atoms with Crippen LogP contribution in [0.25, 0.3) is 21.2 Å². The van der Waals surface area contributed by atoms with Crippen molar-refractivity contribution >= 4 is 44.6 Å². The molecule has 0 unspecified atom stereocenters. The van der Waals surface area contributed by atoms with E-state index in [2.05, 4.69) is 32.8 Å². The van der Waals surface area contributed by atoms with Crippen LogP contribution in [-0.2, 0) is 6.18 Å². The van der Waals surface area contributed by atoms with Crippen molar-refractivity contribution < 1.29 is 22.4 Å². The quantitative estimate of drug-likeness (QED) is 0.178. The fourth-order valence-corrected chi connectivity index (χ4v) is 5.21. The second-order valence-corrected chi connectivity index (χ2v) is 9.56. The summed E-state index contributed by atoms with van der Waals surface area (Å²) in [7, 11) is 0. The van der Waals surface area contributed by atoms with E-state index in [0.29, 0.717) is 29.7 Å². The number of alkyl halides is 3. The number of urea groups is 1. The molecular formula is C27H21F4N5OS. The summed E-state index contributed by atoms with van der Waals surface area (Å²) in [6.07, 6.45) is -0.867. The fourth-order valence-electron chi connectivity index (χ4n) is 4.16. The molecule has 4 aromatic rings. The van der Waals surface area contributed by atoms with Crippen LogP contribution < -0.4 is 21.7 Å². The molecule has 6 nitrogen and oxygen atoms in total. The van der Waals surface area contributed by atoms with Gasteiger partial charge in [0.05, 0.1) is 27.6 Å². The Bertz CT molecular complexity index is 1560. The number of aromatic nitrogens is 1. The molecule has 0 saturated carbocycles. The predicted octanol–water partition coefficient (Wildman–Crippen LogP) is 6.45. The van der Waals surface area contributed by atoms with Crippen molar-refractivity contribution in [2.24, 2.45) is 0 Å².